The lowest BCUT2D eigenvalue weighted by Gasteiger charge is -2.22. The summed E-state index contributed by atoms with van der Waals surface area (Å²) in [4.78, 5) is 25.3. The van der Waals surface area contributed by atoms with Gasteiger partial charge in [0.05, 0.1) is 14.2 Å². The van der Waals surface area contributed by atoms with E-state index in [4.69, 9.17) is 9.47 Å². The predicted octanol–water partition coefficient (Wildman–Crippen LogP) is 3.08. The smallest absolute Gasteiger partial charge is 0.252 e. The maximum atomic E-state index is 12.7. The van der Waals surface area contributed by atoms with Gasteiger partial charge in [-0.15, -0.1) is 0 Å². The zero-order chi connectivity index (χ0) is 20.7. The van der Waals surface area contributed by atoms with Crippen molar-refractivity contribution in [3.8, 4) is 11.5 Å². The van der Waals surface area contributed by atoms with Crippen LogP contribution >= 0.6 is 0 Å². The maximum Gasteiger partial charge on any atom is 0.252 e. The monoisotopic (exact) mass is 384 g/mol. The second-order valence-corrected chi connectivity index (χ2v) is 6.91. The molecule has 6 nitrogen and oxygen atoms in total. The van der Waals surface area contributed by atoms with Crippen molar-refractivity contribution in [2.24, 2.45) is 5.92 Å². The van der Waals surface area contributed by atoms with E-state index >= 15 is 0 Å². The summed E-state index contributed by atoms with van der Waals surface area (Å²) in [7, 11) is 3.15. The van der Waals surface area contributed by atoms with Crippen LogP contribution in [0.5, 0.6) is 11.5 Å². The summed E-state index contributed by atoms with van der Waals surface area (Å²) < 4.78 is 10.6. The molecule has 2 rings (SSSR count). The lowest BCUT2D eigenvalue weighted by Crippen LogP contribution is -2.49. The molecule has 2 aromatic rings. The fourth-order valence-corrected chi connectivity index (χ4v) is 2.87. The Balaban J connectivity index is 2.07. The Hall–Kier alpha value is -3.02. The average molecular weight is 384 g/mol. The van der Waals surface area contributed by atoms with E-state index in [1.54, 1.807) is 26.4 Å². The number of methoxy groups -OCH3 is 2. The van der Waals surface area contributed by atoms with Crippen LogP contribution in [-0.2, 0) is 11.3 Å². The Bertz CT molecular complexity index is 833. The van der Waals surface area contributed by atoms with Crippen LogP contribution in [0.15, 0.2) is 42.5 Å². The van der Waals surface area contributed by atoms with E-state index in [1.807, 2.05) is 51.1 Å². The number of aryl methyl sites for hydroxylation is 1. The van der Waals surface area contributed by atoms with E-state index in [0.717, 1.165) is 11.1 Å². The Labute approximate surface area is 166 Å². The number of amides is 2. The number of hydrogen-bond acceptors (Lipinski definition) is 4. The van der Waals surface area contributed by atoms with Crippen molar-refractivity contribution >= 4 is 11.8 Å². The summed E-state index contributed by atoms with van der Waals surface area (Å²) in [6, 6.07) is 12.1. The van der Waals surface area contributed by atoms with Gasteiger partial charge in [-0.1, -0.05) is 32.0 Å². The van der Waals surface area contributed by atoms with Crippen LogP contribution < -0.4 is 20.1 Å². The first-order chi connectivity index (χ1) is 13.4. The molecule has 1 atom stereocenters. The van der Waals surface area contributed by atoms with E-state index in [-0.39, 0.29) is 24.3 Å². The van der Waals surface area contributed by atoms with Crippen LogP contribution in [-0.4, -0.2) is 32.1 Å². The fraction of sp³-hybridized carbons (Fsp3) is 0.364. The van der Waals surface area contributed by atoms with Gasteiger partial charge in [-0.25, -0.2) is 0 Å². The first kappa shape index (κ1) is 21.3. The van der Waals surface area contributed by atoms with Gasteiger partial charge in [0.2, 0.25) is 5.91 Å². The van der Waals surface area contributed by atoms with Crippen molar-refractivity contribution in [1.29, 1.82) is 0 Å². The fourth-order valence-electron chi connectivity index (χ4n) is 2.87. The summed E-state index contributed by atoms with van der Waals surface area (Å²) in [5.41, 5.74) is 2.26. The van der Waals surface area contributed by atoms with Gasteiger partial charge in [0.25, 0.3) is 5.91 Å². The molecule has 0 heterocycles. The highest BCUT2D eigenvalue weighted by molar-refractivity contribution is 5.98. The molecule has 0 bridgehead atoms. The molecule has 6 heteroatoms. The Kier molecular flexibility index (Phi) is 7.44. The molecule has 0 radical (unpaired) electrons. The van der Waals surface area contributed by atoms with Crippen LogP contribution in [0.1, 0.15) is 35.3 Å². The molecule has 0 saturated carbocycles. The summed E-state index contributed by atoms with van der Waals surface area (Å²) in [5, 5.41) is 5.74. The molecule has 0 spiro atoms. The van der Waals surface area contributed by atoms with E-state index in [2.05, 4.69) is 10.6 Å². The largest absolute Gasteiger partial charge is 0.497 e. The first-order valence-electron chi connectivity index (χ1n) is 9.22. The predicted molar refractivity (Wildman–Crippen MR) is 109 cm³/mol. The van der Waals surface area contributed by atoms with Crippen molar-refractivity contribution in [2.45, 2.75) is 33.4 Å². The third-order valence-corrected chi connectivity index (χ3v) is 4.57. The molecule has 28 heavy (non-hydrogen) atoms. The standard InChI is InChI=1S/C22H28N2O4/c1-14(2)20(24-21(25)18-9-7-6-8-15(18)3)22(26)23-13-16-10-11-17(27-4)12-19(16)28-5/h6-12,14,20H,13H2,1-5H3,(H,23,26)(H,24,25). The minimum absolute atomic E-state index is 0.0641. The van der Waals surface area contributed by atoms with Crippen LogP contribution in [0.3, 0.4) is 0 Å². The summed E-state index contributed by atoms with van der Waals surface area (Å²) in [6.07, 6.45) is 0. The molecule has 2 aromatic carbocycles. The quantitative estimate of drug-likeness (QED) is 0.733. The highest BCUT2D eigenvalue weighted by Gasteiger charge is 2.25. The summed E-state index contributed by atoms with van der Waals surface area (Å²) in [6.45, 7) is 5.96. The van der Waals surface area contributed by atoms with Crippen molar-refractivity contribution in [2.75, 3.05) is 14.2 Å². The average Bonchev–Trinajstić information content (AvgIpc) is 2.69. The third-order valence-electron chi connectivity index (χ3n) is 4.57. The van der Waals surface area contributed by atoms with Crippen LogP contribution in [0, 0.1) is 12.8 Å². The minimum Gasteiger partial charge on any atom is -0.497 e. The van der Waals surface area contributed by atoms with Gasteiger partial charge in [-0.2, -0.15) is 0 Å². The molecule has 2 amide bonds. The van der Waals surface area contributed by atoms with E-state index < -0.39 is 6.04 Å². The summed E-state index contributed by atoms with van der Waals surface area (Å²) >= 11 is 0. The minimum atomic E-state index is -0.642. The Morgan fingerprint density at radius 1 is 1.04 bits per heavy atom. The van der Waals surface area contributed by atoms with Gasteiger partial charge in [-0.05, 0) is 36.6 Å². The summed E-state index contributed by atoms with van der Waals surface area (Å²) in [5.74, 6) is 0.747. The molecule has 2 N–H and O–H groups in total. The zero-order valence-corrected chi connectivity index (χ0v) is 17.0. The molecule has 0 aliphatic rings. The van der Waals surface area contributed by atoms with Crippen molar-refractivity contribution in [3.05, 3.63) is 59.2 Å². The lowest BCUT2D eigenvalue weighted by atomic mass is 10.0. The normalized spacial score (nSPS) is 11.6. The molecule has 0 aliphatic heterocycles. The van der Waals surface area contributed by atoms with Gasteiger partial charge in [-0.3, -0.25) is 9.59 Å². The van der Waals surface area contributed by atoms with Crippen molar-refractivity contribution in [3.63, 3.8) is 0 Å². The van der Waals surface area contributed by atoms with E-state index in [9.17, 15) is 9.59 Å². The molecule has 150 valence electrons. The maximum absolute atomic E-state index is 12.7. The highest BCUT2D eigenvalue weighted by atomic mass is 16.5. The molecule has 0 fully saturated rings. The van der Waals surface area contributed by atoms with Gasteiger partial charge in [0.15, 0.2) is 0 Å². The number of nitrogens with one attached hydrogen (secondary N) is 2. The topological polar surface area (TPSA) is 76.7 Å². The second-order valence-electron chi connectivity index (χ2n) is 6.91. The van der Waals surface area contributed by atoms with Crippen LogP contribution in [0.4, 0.5) is 0 Å². The second kappa shape index (κ2) is 9.78. The first-order valence-corrected chi connectivity index (χ1v) is 9.22. The molecule has 1 unspecified atom stereocenters. The lowest BCUT2D eigenvalue weighted by molar-refractivity contribution is -0.124. The van der Waals surface area contributed by atoms with Gasteiger partial charge < -0.3 is 20.1 Å². The molecular formula is C22H28N2O4. The highest BCUT2D eigenvalue weighted by Crippen LogP contribution is 2.24. The Morgan fingerprint density at radius 2 is 1.75 bits per heavy atom. The van der Waals surface area contributed by atoms with Gasteiger partial charge >= 0.3 is 0 Å². The van der Waals surface area contributed by atoms with Crippen LogP contribution in [0.2, 0.25) is 0 Å². The molecule has 0 saturated heterocycles. The van der Waals surface area contributed by atoms with Gasteiger partial charge in [0.1, 0.15) is 17.5 Å². The zero-order valence-electron chi connectivity index (χ0n) is 17.0. The number of benzene rings is 2. The van der Waals surface area contributed by atoms with Crippen LogP contribution in [0.25, 0.3) is 0 Å². The molecular weight excluding hydrogens is 356 g/mol. The van der Waals surface area contributed by atoms with Crippen molar-refractivity contribution < 1.29 is 19.1 Å². The molecule has 0 aromatic heterocycles. The van der Waals surface area contributed by atoms with Crippen molar-refractivity contribution in [1.82, 2.24) is 10.6 Å². The number of carbonyl (C=O) groups excluding carboxylic acids is 2. The van der Waals surface area contributed by atoms with Gasteiger partial charge in [0, 0.05) is 23.7 Å². The molecule has 0 aliphatic carbocycles. The number of rotatable bonds is 8. The number of ether oxygens (including phenoxy) is 2. The van der Waals surface area contributed by atoms with E-state index in [1.165, 1.54) is 0 Å². The third kappa shape index (κ3) is 5.25. The number of carbonyl (C=O) groups is 2. The SMILES string of the molecule is COc1ccc(CNC(=O)C(NC(=O)c2ccccc2C)C(C)C)c(OC)c1. The number of hydrogen-bond donors (Lipinski definition) is 2. The van der Waals surface area contributed by atoms with E-state index in [0.29, 0.717) is 17.1 Å². The Morgan fingerprint density at radius 3 is 2.36 bits per heavy atom.